The molecule has 0 amide bonds. The van der Waals surface area contributed by atoms with Gasteiger partial charge in [-0.05, 0) is 35.9 Å². The average molecular weight is 184 g/mol. The van der Waals surface area contributed by atoms with Crippen LogP contribution < -0.4 is 0 Å². The highest BCUT2D eigenvalue weighted by Gasteiger charge is 2.06. The van der Waals surface area contributed by atoms with Gasteiger partial charge < -0.3 is 0 Å². The second kappa shape index (κ2) is 3.94. The molecule has 0 fully saturated rings. The van der Waals surface area contributed by atoms with Crippen LogP contribution in [0.1, 0.15) is 25.3 Å². The Morgan fingerprint density at radius 1 is 1.33 bits per heavy atom. The van der Waals surface area contributed by atoms with Crippen LogP contribution in [0.15, 0.2) is 23.1 Å². The first-order chi connectivity index (χ1) is 5.65. The van der Waals surface area contributed by atoms with Crippen LogP contribution in [0.2, 0.25) is 0 Å². The molecule has 0 unspecified atom stereocenters. The summed E-state index contributed by atoms with van der Waals surface area (Å²) in [5.41, 5.74) is 0.807. The Bertz CT molecular complexity index is 269. The van der Waals surface area contributed by atoms with Gasteiger partial charge in [-0.15, -0.1) is 11.8 Å². The van der Waals surface area contributed by atoms with Crippen LogP contribution in [0, 0.1) is 5.82 Å². The minimum absolute atomic E-state index is 0.0946. The molecule has 0 aromatic heterocycles. The Morgan fingerprint density at radius 2 is 2.00 bits per heavy atom. The molecule has 1 rings (SSSR count). The number of hydrogen-bond donors (Lipinski definition) is 0. The summed E-state index contributed by atoms with van der Waals surface area (Å²) >= 11 is 1.64. The molecule has 0 nitrogen and oxygen atoms in total. The summed E-state index contributed by atoms with van der Waals surface area (Å²) in [6.07, 6.45) is 2.00. The van der Waals surface area contributed by atoms with E-state index in [4.69, 9.17) is 0 Å². The number of benzene rings is 1. The Kier molecular flexibility index (Phi) is 3.15. The van der Waals surface area contributed by atoms with Gasteiger partial charge in [-0.3, -0.25) is 0 Å². The van der Waals surface area contributed by atoms with Gasteiger partial charge in [-0.2, -0.15) is 0 Å². The van der Waals surface area contributed by atoms with Gasteiger partial charge in [0.25, 0.3) is 0 Å². The van der Waals surface area contributed by atoms with Crippen molar-refractivity contribution in [3.8, 4) is 0 Å². The third-order valence-electron chi connectivity index (χ3n) is 1.83. The van der Waals surface area contributed by atoms with Crippen molar-refractivity contribution in [2.45, 2.75) is 24.7 Å². The molecule has 1 aromatic carbocycles. The van der Waals surface area contributed by atoms with Gasteiger partial charge in [-0.1, -0.05) is 13.8 Å². The molecule has 66 valence electrons. The maximum atomic E-state index is 13.1. The summed E-state index contributed by atoms with van der Waals surface area (Å²) in [4.78, 5) is 1.13. The quantitative estimate of drug-likeness (QED) is 0.632. The van der Waals surface area contributed by atoms with Crippen molar-refractivity contribution in [3.05, 3.63) is 29.6 Å². The van der Waals surface area contributed by atoms with Gasteiger partial charge in [0.15, 0.2) is 0 Å². The van der Waals surface area contributed by atoms with Crippen LogP contribution in [-0.2, 0) is 0 Å². The summed E-state index contributed by atoms with van der Waals surface area (Å²) in [7, 11) is 0. The molecule has 0 radical (unpaired) electrons. The Hall–Kier alpha value is -0.500. The second-order valence-electron chi connectivity index (χ2n) is 3.04. The fraction of sp³-hybridized carbons (Fsp3) is 0.400. The van der Waals surface area contributed by atoms with E-state index in [1.54, 1.807) is 17.8 Å². The molecule has 2 heteroatoms. The number of hydrogen-bond acceptors (Lipinski definition) is 1. The van der Waals surface area contributed by atoms with E-state index >= 15 is 0 Å². The third kappa shape index (κ3) is 2.01. The second-order valence-corrected chi connectivity index (χ2v) is 3.92. The van der Waals surface area contributed by atoms with Crippen molar-refractivity contribution in [1.82, 2.24) is 0 Å². The van der Waals surface area contributed by atoms with Gasteiger partial charge in [0.2, 0.25) is 0 Å². The minimum Gasteiger partial charge on any atom is -0.207 e. The van der Waals surface area contributed by atoms with Gasteiger partial charge in [0, 0.05) is 4.90 Å². The van der Waals surface area contributed by atoms with Gasteiger partial charge in [0.05, 0.1) is 0 Å². The summed E-state index contributed by atoms with van der Waals surface area (Å²) in [5.74, 6) is 0.167. The van der Waals surface area contributed by atoms with E-state index in [0.29, 0.717) is 0 Å². The molecule has 0 bridgehead atoms. The van der Waals surface area contributed by atoms with E-state index in [1.807, 2.05) is 32.2 Å². The predicted octanol–water partition coefficient (Wildman–Crippen LogP) is 3.67. The molecule has 0 N–H and O–H groups in total. The van der Waals surface area contributed by atoms with E-state index in [1.165, 1.54) is 0 Å². The van der Waals surface area contributed by atoms with Crippen molar-refractivity contribution in [2.75, 3.05) is 6.26 Å². The molecule has 0 aliphatic rings. The Labute approximate surface area is 77.2 Å². The van der Waals surface area contributed by atoms with E-state index in [2.05, 4.69) is 0 Å². The summed E-state index contributed by atoms with van der Waals surface area (Å²) in [6, 6.07) is 5.28. The first-order valence-corrected chi connectivity index (χ1v) is 5.21. The molecule has 0 heterocycles. The third-order valence-corrected chi connectivity index (χ3v) is 2.55. The Balaban J connectivity index is 3.08. The molecule has 0 saturated carbocycles. The smallest absolute Gasteiger partial charge is 0.126 e. The van der Waals surface area contributed by atoms with Crippen LogP contribution in [0.3, 0.4) is 0 Å². The number of thioether (sulfide) groups is 1. The lowest BCUT2D eigenvalue weighted by molar-refractivity contribution is 0.596. The molecule has 0 atom stereocenters. The largest absolute Gasteiger partial charge is 0.207 e. The van der Waals surface area contributed by atoms with E-state index in [-0.39, 0.29) is 11.7 Å². The first-order valence-electron chi connectivity index (χ1n) is 3.98. The van der Waals surface area contributed by atoms with Crippen molar-refractivity contribution in [1.29, 1.82) is 0 Å². The number of halogens is 1. The zero-order valence-corrected chi connectivity index (χ0v) is 8.41. The standard InChI is InChI=1S/C10H13FS/c1-7(2)9-6-8(12-3)4-5-10(9)11/h4-7H,1-3H3. The molecule has 1 aromatic rings. The van der Waals surface area contributed by atoms with Gasteiger partial charge in [0.1, 0.15) is 5.82 Å². The molecule has 0 saturated heterocycles. The van der Waals surface area contributed by atoms with E-state index in [0.717, 1.165) is 10.5 Å². The van der Waals surface area contributed by atoms with Crippen LogP contribution in [0.5, 0.6) is 0 Å². The minimum atomic E-state index is -0.0946. The van der Waals surface area contributed by atoms with Gasteiger partial charge in [-0.25, -0.2) is 4.39 Å². The average Bonchev–Trinajstić information content (AvgIpc) is 2.05. The molecule has 0 aliphatic carbocycles. The van der Waals surface area contributed by atoms with Gasteiger partial charge >= 0.3 is 0 Å². The molecule has 12 heavy (non-hydrogen) atoms. The topological polar surface area (TPSA) is 0 Å². The highest BCUT2D eigenvalue weighted by molar-refractivity contribution is 7.98. The summed E-state index contributed by atoms with van der Waals surface area (Å²) < 4.78 is 13.1. The highest BCUT2D eigenvalue weighted by atomic mass is 32.2. The summed E-state index contributed by atoms with van der Waals surface area (Å²) in [5, 5.41) is 0. The van der Waals surface area contributed by atoms with Crippen LogP contribution >= 0.6 is 11.8 Å². The fourth-order valence-corrected chi connectivity index (χ4v) is 1.54. The maximum absolute atomic E-state index is 13.1. The maximum Gasteiger partial charge on any atom is 0.126 e. The van der Waals surface area contributed by atoms with Crippen LogP contribution in [0.4, 0.5) is 4.39 Å². The highest BCUT2D eigenvalue weighted by Crippen LogP contribution is 2.23. The molecule has 0 spiro atoms. The van der Waals surface area contributed by atoms with Crippen molar-refractivity contribution >= 4 is 11.8 Å². The number of rotatable bonds is 2. The van der Waals surface area contributed by atoms with Crippen LogP contribution in [0.25, 0.3) is 0 Å². The lowest BCUT2D eigenvalue weighted by atomic mass is 10.0. The SMILES string of the molecule is CSc1ccc(F)c(C(C)C)c1. The van der Waals surface area contributed by atoms with Crippen molar-refractivity contribution in [2.24, 2.45) is 0 Å². The van der Waals surface area contributed by atoms with Crippen molar-refractivity contribution < 1.29 is 4.39 Å². The lowest BCUT2D eigenvalue weighted by Crippen LogP contribution is -1.92. The first kappa shape index (κ1) is 9.59. The Morgan fingerprint density at radius 3 is 2.50 bits per heavy atom. The zero-order chi connectivity index (χ0) is 9.14. The fourth-order valence-electron chi connectivity index (χ4n) is 1.09. The monoisotopic (exact) mass is 184 g/mol. The molecular formula is C10H13FS. The van der Waals surface area contributed by atoms with Crippen LogP contribution in [-0.4, -0.2) is 6.26 Å². The lowest BCUT2D eigenvalue weighted by Gasteiger charge is -2.07. The molecule has 0 aliphatic heterocycles. The molecular weight excluding hydrogens is 171 g/mol. The predicted molar refractivity (Wildman–Crippen MR) is 52.3 cm³/mol. The summed E-state index contributed by atoms with van der Waals surface area (Å²) in [6.45, 7) is 4.00. The van der Waals surface area contributed by atoms with Crippen molar-refractivity contribution in [3.63, 3.8) is 0 Å². The zero-order valence-electron chi connectivity index (χ0n) is 7.60. The normalized spacial score (nSPS) is 10.8. The van der Waals surface area contributed by atoms with E-state index in [9.17, 15) is 4.39 Å². The van der Waals surface area contributed by atoms with E-state index < -0.39 is 0 Å².